The van der Waals surface area contributed by atoms with E-state index in [0.717, 1.165) is 4.31 Å². The number of anilines is 1. The van der Waals surface area contributed by atoms with Gasteiger partial charge in [0.1, 0.15) is 12.6 Å². The molecule has 0 aliphatic heterocycles. The topological polar surface area (TPSA) is 105 Å². The van der Waals surface area contributed by atoms with Crippen molar-refractivity contribution in [3.05, 3.63) is 82.3 Å². The zero-order valence-electron chi connectivity index (χ0n) is 24.1. The molecule has 0 aliphatic rings. The number of hydrogen-bond acceptors (Lipinski definition) is 6. The van der Waals surface area contributed by atoms with E-state index >= 15 is 0 Å². The molecule has 1 N–H and O–H groups in total. The Bertz CT molecular complexity index is 1480. The zero-order chi connectivity index (χ0) is 31.0. The van der Waals surface area contributed by atoms with Gasteiger partial charge in [-0.05, 0) is 56.7 Å². The molecular weight excluding hydrogens is 601 g/mol. The van der Waals surface area contributed by atoms with Crippen LogP contribution < -0.4 is 19.1 Å². The molecule has 3 aromatic carbocycles. The molecule has 12 heteroatoms. The third kappa shape index (κ3) is 7.67. The summed E-state index contributed by atoms with van der Waals surface area (Å²) in [6.45, 7) is 4.64. The van der Waals surface area contributed by atoms with Crippen LogP contribution in [0.15, 0.2) is 71.6 Å². The van der Waals surface area contributed by atoms with E-state index in [1.807, 2.05) is 13.8 Å². The lowest BCUT2D eigenvalue weighted by molar-refractivity contribution is -0.139. The first kappa shape index (κ1) is 33.0. The molecular formula is C30H35Cl2N3O6S. The number of benzene rings is 3. The highest BCUT2D eigenvalue weighted by Gasteiger charge is 2.33. The fourth-order valence-electron chi connectivity index (χ4n) is 4.13. The number of carbonyl (C=O) groups is 2. The van der Waals surface area contributed by atoms with Crippen LogP contribution in [0.4, 0.5) is 5.69 Å². The predicted octanol–water partition coefficient (Wildman–Crippen LogP) is 5.54. The van der Waals surface area contributed by atoms with Crippen molar-refractivity contribution in [3.63, 3.8) is 0 Å². The summed E-state index contributed by atoms with van der Waals surface area (Å²) in [5.74, 6) is -0.466. The Kier molecular flexibility index (Phi) is 11.5. The maximum absolute atomic E-state index is 14.1. The van der Waals surface area contributed by atoms with Crippen LogP contribution in [0.5, 0.6) is 11.5 Å². The number of rotatable bonds is 13. The van der Waals surface area contributed by atoms with Crippen LogP contribution >= 0.6 is 23.2 Å². The van der Waals surface area contributed by atoms with Gasteiger partial charge in [-0.2, -0.15) is 0 Å². The van der Waals surface area contributed by atoms with Crippen molar-refractivity contribution in [2.75, 3.05) is 25.1 Å². The van der Waals surface area contributed by atoms with E-state index in [9.17, 15) is 18.0 Å². The summed E-state index contributed by atoms with van der Waals surface area (Å²) >= 11 is 12.9. The van der Waals surface area contributed by atoms with Crippen LogP contribution in [0, 0.1) is 0 Å². The molecule has 2 amide bonds. The molecule has 3 rings (SSSR count). The lowest BCUT2D eigenvalue weighted by atomic mass is 10.1. The normalized spacial score (nSPS) is 12.6. The van der Waals surface area contributed by atoms with Crippen LogP contribution in [0.3, 0.4) is 0 Å². The summed E-state index contributed by atoms with van der Waals surface area (Å²) in [5.41, 5.74) is 0.694. The fourth-order valence-corrected chi connectivity index (χ4v) is 6.08. The Morgan fingerprint density at radius 3 is 2.10 bits per heavy atom. The van der Waals surface area contributed by atoms with Gasteiger partial charge in [-0.1, -0.05) is 54.4 Å². The number of halogens is 2. The lowest BCUT2D eigenvalue weighted by Gasteiger charge is -2.33. The monoisotopic (exact) mass is 635 g/mol. The van der Waals surface area contributed by atoms with Gasteiger partial charge < -0.3 is 19.7 Å². The summed E-state index contributed by atoms with van der Waals surface area (Å²) in [5, 5.41) is 3.51. The van der Waals surface area contributed by atoms with E-state index in [1.54, 1.807) is 55.5 Å². The van der Waals surface area contributed by atoms with Crippen LogP contribution in [-0.4, -0.2) is 58.0 Å². The first-order valence-corrected chi connectivity index (χ1v) is 15.5. The number of sulfonamides is 1. The van der Waals surface area contributed by atoms with Crippen molar-refractivity contribution in [1.29, 1.82) is 0 Å². The summed E-state index contributed by atoms with van der Waals surface area (Å²) in [4.78, 5) is 28.4. The van der Waals surface area contributed by atoms with Crippen molar-refractivity contribution in [2.45, 2.75) is 50.7 Å². The van der Waals surface area contributed by atoms with Crippen molar-refractivity contribution < 1.29 is 27.5 Å². The SMILES string of the molecule is CCC(C)NC(=O)C(C)N(Cc1c(Cl)cccc1Cl)C(=O)CN(c1ccccc1)S(=O)(=O)c1ccc(OC)c(OC)c1. The summed E-state index contributed by atoms with van der Waals surface area (Å²) in [7, 11) is -1.46. The smallest absolute Gasteiger partial charge is 0.264 e. The largest absolute Gasteiger partial charge is 0.493 e. The molecule has 9 nitrogen and oxygen atoms in total. The van der Waals surface area contributed by atoms with Gasteiger partial charge in [-0.25, -0.2) is 8.42 Å². The molecule has 0 aromatic heterocycles. The number of ether oxygens (including phenoxy) is 2. The van der Waals surface area contributed by atoms with Gasteiger partial charge in [-0.3, -0.25) is 13.9 Å². The highest BCUT2D eigenvalue weighted by Crippen LogP contribution is 2.33. The Morgan fingerprint density at radius 1 is 0.905 bits per heavy atom. The molecule has 226 valence electrons. The average Bonchev–Trinajstić information content (AvgIpc) is 2.99. The molecule has 0 saturated heterocycles. The minimum Gasteiger partial charge on any atom is -0.493 e. The molecule has 42 heavy (non-hydrogen) atoms. The van der Waals surface area contributed by atoms with Gasteiger partial charge in [0.25, 0.3) is 10.0 Å². The predicted molar refractivity (Wildman–Crippen MR) is 165 cm³/mol. The number of para-hydroxylation sites is 1. The minimum absolute atomic E-state index is 0.111. The number of nitrogens with one attached hydrogen (secondary N) is 1. The molecule has 0 bridgehead atoms. The molecule has 0 aliphatic carbocycles. The molecule has 2 atom stereocenters. The number of nitrogens with zero attached hydrogens (tertiary/aromatic N) is 2. The van der Waals surface area contributed by atoms with Crippen LogP contribution in [0.1, 0.15) is 32.8 Å². The molecule has 0 spiro atoms. The van der Waals surface area contributed by atoms with Gasteiger partial charge in [0.05, 0.1) is 24.8 Å². The molecule has 0 radical (unpaired) electrons. The van der Waals surface area contributed by atoms with Crippen LogP contribution in [0.25, 0.3) is 0 Å². The number of methoxy groups -OCH3 is 2. The van der Waals surface area contributed by atoms with Gasteiger partial charge in [0, 0.05) is 34.3 Å². The molecule has 0 saturated carbocycles. The molecule has 0 fully saturated rings. The van der Waals surface area contributed by atoms with E-state index in [2.05, 4.69) is 5.32 Å². The lowest BCUT2D eigenvalue weighted by Crippen LogP contribution is -2.52. The average molecular weight is 637 g/mol. The highest BCUT2D eigenvalue weighted by atomic mass is 35.5. The van der Waals surface area contributed by atoms with E-state index in [1.165, 1.54) is 37.3 Å². The van der Waals surface area contributed by atoms with Gasteiger partial charge in [-0.15, -0.1) is 0 Å². The number of amides is 2. The maximum atomic E-state index is 14.1. The second kappa shape index (κ2) is 14.6. The quantitative estimate of drug-likeness (QED) is 0.264. The van der Waals surface area contributed by atoms with E-state index in [4.69, 9.17) is 32.7 Å². The summed E-state index contributed by atoms with van der Waals surface area (Å²) in [6, 6.07) is 16.3. The minimum atomic E-state index is -4.30. The molecule has 3 aromatic rings. The van der Waals surface area contributed by atoms with Gasteiger partial charge >= 0.3 is 0 Å². The van der Waals surface area contributed by atoms with Gasteiger partial charge in [0.2, 0.25) is 11.8 Å². The third-order valence-corrected chi connectivity index (χ3v) is 9.30. The van der Waals surface area contributed by atoms with Crippen LogP contribution in [-0.2, 0) is 26.2 Å². The Hall–Kier alpha value is -3.47. The zero-order valence-corrected chi connectivity index (χ0v) is 26.5. The van der Waals surface area contributed by atoms with Crippen LogP contribution in [0.2, 0.25) is 10.0 Å². The number of carbonyl (C=O) groups excluding carboxylic acids is 2. The Morgan fingerprint density at radius 2 is 1.52 bits per heavy atom. The highest BCUT2D eigenvalue weighted by molar-refractivity contribution is 7.92. The van der Waals surface area contributed by atoms with E-state index < -0.39 is 34.4 Å². The Balaban J connectivity index is 2.08. The third-order valence-electron chi connectivity index (χ3n) is 6.82. The Labute approximate surface area is 257 Å². The van der Waals surface area contributed by atoms with Crippen molar-refractivity contribution >= 4 is 50.7 Å². The maximum Gasteiger partial charge on any atom is 0.264 e. The molecule has 2 unspecified atom stereocenters. The summed E-state index contributed by atoms with van der Waals surface area (Å²) in [6.07, 6.45) is 0.689. The standard InChI is InChI=1S/C30H35Cl2N3O6S/c1-6-20(2)33-30(37)21(3)34(18-24-25(31)13-10-14-26(24)32)29(36)19-35(22-11-8-7-9-12-22)42(38,39)23-15-16-27(40-4)28(17-23)41-5/h7-17,20-21H,6,18-19H2,1-5H3,(H,33,37). The fraction of sp³-hybridized carbons (Fsp3) is 0.333. The first-order chi connectivity index (χ1) is 19.9. The van der Waals surface area contributed by atoms with Crippen molar-refractivity contribution in [2.24, 2.45) is 0 Å². The summed E-state index contributed by atoms with van der Waals surface area (Å²) < 4.78 is 39.7. The van der Waals surface area contributed by atoms with Gasteiger partial charge in [0.15, 0.2) is 11.5 Å². The van der Waals surface area contributed by atoms with Crippen molar-refractivity contribution in [3.8, 4) is 11.5 Å². The second-order valence-corrected chi connectivity index (χ2v) is 12.3. The second-order valence-electron chi connectivity index (χ2n) is 9.58. The van der Waals surface area contributed by atoms with E-state index in [0.29, 0.717) is 27.8 Å². The van der Waals surface area contributed by atoms with E-state index in [-0.39, 0.29) is 28.9 Å². The first-order valence-electron chi connectivity index (χ1n) is 13.3. The van der Waals surface area contributed by atoms with Crippen molar-refractivity contribution in [1.82, 2.24) is 10.2 Å². The molecule has 0 heterocycles. The number of hydrogen-bond donors (Lipinski definition) is 1.